The molecule has 0 heterocycles. The van der Waals surface area contributed by atoms with Crippen LogP contribution in [0.4, 0.5) is 5.69 Å². The van der Waals surface area contributed by atoms with Crippen LogP contribution in [0.2, 0.25) is 10.0 Å². The first-order valence-corrected chi connectivity index (χ1v) is 6.80. The molecule has 1 nitrogen and oxygen atoms in total. The standard InChI is InChI=1S/C16H15Cl2N/c1-10-6-12(3)16(7-11(10)2)19-9-13-4-5-14(17)8-15(13)18/h4-9H,1-3H3. The molecule has 0 aliphatic rings. The maximum atomic E-state index is 6.12. The Morgan fingerprint density at radius 2 is 1.58 bits per heavy atom. The zero-order chi connectivity index (χ0) is 14.0. The van der Waals surface area contributed by atoms with E-state index < -0.39 is 0 Å². The first-order valence-electron chi connectivity index (χ1n) is 6.04. The summed E-state index contributed by atoms with van der Waals surface area (Å²) in [5.74, 6) is 0. The van der Waals surface area contributed by atoms with Gasteiger partial charge in [-0.3, -0.25) is 4.99 Å². The third kappa shape index (κ3) is 3.37. The Balaban J connectivity index is 2.35. The molecule has 0 radical (unpaired) electrons. The minimum Gasteiger partial charge on any atom is -0.256 e. The van der Waals surface area contributed by atoms with Crippen LogP contribution in [0.5, 0.6) is 0 Å². The second-order valence-electron chi connectivity index (χ2n) is 4.65. The van der Waals surface area contributed by atoms with Crippen molar-refractivity contribution in [1.29, 1.82) is 0 Å². The summed E-state index contributed by atoms with van der Waals surface area (Å²) in [6.07, 6.45) is 1.77. The molecule has 0 aliphatic heterocycles. The fourth-order valence-corrected chi connectivity index (χ4v) is 2.29. The van der Waals surface area contributed by atoms with Gasteiger partial charge in [0.15, 0.2) is 0 Å². The number of hydrogen-bond donors (Lipinski definition) is 0. The molecule has 0 saturated heterocycles. The number of halogens is 2. The Labute approximate surface area is 123 Å². The normalized spacial score (nSPS) is 11.2. The highest BCUT2D eigenvalue weighted by atomic mass is 35.5. The summed E-state index contributed by atoms with van der Waals surface area (Å²) in [5.41, 5.74) is 5.50. The van der Waals surface area contributed by atoms with Gasteiger partial charge >= 0.3 is 0 Å². The second-order valence-corrected chi connectivity index (χ2v) is 5.49. The van der Waals surface area contributed by atoms with E-state index in [2.05, 4.69) is 37.9 Å². The quantitative estimate of drug-likeness (QED) is 0.632. The van der Waals surface area contributed by atoms with Crippen molar-refractivity contribution in [3.8, 4) is 0 Å². The molecule has 0 amide bonds. The first kappa shape index (κ1) is 14.1. The van der Waals surface area contributed by atoms with Crippen molar-refractivity contribution < 1.29 is 0 Å². The average molecular weight is 292 g/mol. The molecule has 0 unspecified atom stereocenters. The van der Waals surface area contributed by atoms with Crippen LogP contribution in [0.1, 0.15) is 22.3 Å². The Bertz CT molecular complexity index is 645. The number of rotatable bonds is 2. The van der Waals surface area contributed by atoms with E-state index in [-0.39, 0.29) is 0 Å². The van der Waals surface area contributed by atoms with E-state index in [0.717, 1.165) is 16.8 Å². The van der Waals surface area contributed by atoms with E-state index >= 15 is 0 Å². The van der Waals surface area contributed by atoms with E-state index in [4.69, 9.17) is 23.2 Å². The van der Waals surface area contributed by atoms with Gasteiger partial charge in [0.05, 0.1) is 10.7 Å². The Morgan fingerprint density at radius 1 is 0.895 bits per heavy atom. The lowest BCUT2D eigenvalue weighted by atomic mass is 10.1. The van der Waals surface area contributed by atoms with Gasteiger partial charge in [-0.15, -0.1) is 0 Å². The molecule has 0 fully saturated rings. The summed E-state index contributed by atoms with van der Waals surface area (Å²) in [7, 11) is 0. The van der Waals surface area contributed by atoms with Gasteiger partial charge in [-0.2, -0.15) is 0 Å². The maximum absolute atomic E-state index is 6.12. The van der Waals surface area contributed by atoms with Gasteiger partial charge in [0, 0.05) is 16.8 Å². The third-order valence-corrected chi connectivity index (χ3v) is 3.68. The largest absolute Gasteiger partial charge is 0.256 e. The smallest absolute Gasteiger partial charge is 0.0661 e. The zero-order valence-electron chi connectivity index (χ0n) is 11.2. The molecular weight excluding hydrogens is 277 g/mol. The minimum absolute atomic E-state index is 0.609. The number of benzene rings is 2. The monoisotopic (exact) mass is 291 g/mol. The molecule has 0 aliphatic carbocycles. The number of nitrogens with zero attached hydrogens (tertiary/aromatic N) is 1. The molecule has 0 aromatic heterocycles. The van der Waals surface area contributed by atoms with Gasteiger partial charge in [0.1, 0.15) is 0 Å². The number of aryl methyl sites for hydroxylation is 3. The van der Waals surface area contributed by atoms with Crippen molar-refractivity contribution in [2.45, 2.75) is 20.8 Å². The highest BCUT2D eigenvalue weighted by molar-refractivity contribution is 6.36. The number of hydrogen-bond acceptors (Lipinski definition) is 1. The van der Waals surface area contributed by atoms with Crippen molar-refractivity contribution >= 4 is 35.1 Å². The molecule has 0 N–H and O–H groups in total. The van der Waals surface area contributed by atoms with Gasteiger partial charge < -0.3 is 0 Å². The van der Waals surface area contributed by atoms with Crippen molar-refractivity contribution in [1.82, 2.24) is 0 Å². The lowest BCUT2D eigenvalue weighted by Gasteiger charge is -2.05. The second kappa shape index (κ2) is 5.77. The minimum atomic E-state index is 0.609. The van der Waals surface area contributed by atoms with Gasteiger partial charge in [0.2, 0.25) is 0 Å². The van der Waals surface area contributed by atoms with Crippen molar-refractivity contribution in [2.75, 3.05) is 0 Å². The maximum Gasteiger partial charge on any atom is 0.0661 e. The molecule has 0 bridgehead atoms. The summed E-state index contributed by atoms with van der Waals surface area (Å²) in [6, 6.07) is 9.63. The van der Waals surface area contributed by atoms with E-state index in [9.17, 15) is 0 Å². The molecule has 19 heavy (non-hydrogen) atoms. The predicted octanol–water partition coefficient (Wildman–Crippen LogP) is 5.67. The third-order valence-electron chi connectivity index (χ3n) is 3.12. The zero-order valence-corrected chi connectivity index (χ0v) is 12.7. The fraction of sp³-hybridized carbons (Fsp3) is 0.188. The molecule has 3 heteroatoms. The Morgan fingerprint density at radius 3 is 2.26 bits per heavy atom. The van der Waals surface area contributed by atoms with Gasteiger partial charge in [0.25, 0.3) is 0 Å². The van der Waals surface area contributed by atoms with Gasteiger partial charge in [-0.05, 0) is 55.7 Å². The molecule has 2 rings (SSSR count). The van der Waals surface area contributed by atoms with E-state index in [1.807, 2.05) is 12.1 Å². The Kier molecular flexibility index (Phi) is 4.28. The van der Waals surface area contributed by atoms with Crippen LogP contribution in [0, 0.1) is 20.8 Å². The summed E-state index contributed by atoms with van der Waals surface area (Å²) in [5, 5.41) is 1.24. The van der Waals surface area contributed by atoms with Crippen LogP contribution in [-0.4, -0.2) is 6.21 Å². The molecular formula is C16H15Cl2N. The van der Waals surface area contributed by atoms with E-state index in [1.165, 1.54) is 11.1 Å². The van der Waals surface area contributed by atoms with Crippen LogP contribution in [0.25, 0.3) is 0 Å². The number of aliphatic imine (C=N–C) groups is 1. The molecule has 0 saturated carbocycles. The topological polar surface area (TPSA) is 12.4 Å². The van der Waals surface area contributed by atoms with Crippen LogP contribution in [-0.2, 0) is 0 Å². The van der Waals surface area contributed by atoms with Crippen LogP contribution in [0.3, 0.4) is 0 Å². The average Bonchev–Trinajstić information content (AvgIpc) is 2.34. The molecule has 2 aromatic rings. The summed E-state index contributed by atoms with van der Waals surface area (Å²) < 4.78 is 0. The van der Waals surface area contributed by atoms with Crippen LogP contribution < -0.4 is 0 Å². The van der Waals surface area contributed by atoms with Crippen LogP contribution in [0.15, 0.2) is 35.3 Å². The summed E-state index contributed by atoms with van der Waals surface area (Å²) >= 11 is 12.0. The highest BCUT2D eigenvalue weighted by Gasteiger charge is 2.01. The van der Waals surface area contributed by atoms with E-state index in [0.29, 0.717) is 10.0 Å². The van der Waals surface area contributed by atoms with E-state index in [1.54, 1.807) is 12.3 Å². The highest BCUT2D eigenvalue weighted by Crippen LogP contribution is 2.24. The van der Waals surface area contributed by atoms with Crippen molar-refractivity contribution in [2.24, 2.45) is 4.99 Å². The fourth-order valence-electron chi connectivity index (χ4n) is 1.83. The van der Waals surface area contributed by atoms with Crippen molar-refractivity contribution in [3.05, 3.63) is 62.6 Å². The summed E-state index contributed by atoms with van der Waals surface area (Å²) in [6.45, 7) is 6.25. The lowest BCUT2D eigenvalue weighted by molar-refractivity contribution is 1.28. The van der Waals surface area contributed by atoms with Gasteiger partial charge in [-0.1, -0.05) is 35.3 Å². The molecule has 2 aromatic carbocycles. The van der Waals surface area contributed by atoms with Gasteiger partial charge in [-0.25, -0.2) is 0 Å². The molecule has 0 spiro atoms. The molecule has 98 valence electrons. The van der Waals surface area contributed by atoms with Crippen molar-refractivity contribution in [3.63, 3.8) is 0 Å². The Hall–Kier alpha value is -1.31. The van der Waals surface area contributed by atoms with Crippen LogP contribution >= 0.6 is 23.2 Å². The summed E-state index contributed by atoms with van der Waals surface area (Å²) in [4.78, 5) is 4.52. The SMILES string of the molecule is Cc1cc(C)c(N=Cc2ccc(Cl)cc2Cl)cc1C. The lowest BCUT2D eigenvalue weighted by Crippen LogP contribution is -1.86. The molecule has 0 atom stereocenters. The first-order chi connectivity index (χ1) is 8.97. The predicted molar refractivity (Wildman–Crippen MR) is 84.4 cm³/mol.